The minimum Gasteiger partial charge on any atom is -0.337 e. The van der Waals surface area contributed by atoms with Gasteiger partial charge in [0.05, 0.1) is 0 Å². The maximum Gasteiger partial charge on any atom is 0.253 e. The number of amides is 2. The van der Waals surface area contributed by atoms with Crippen LogP contribution in [-0.4, -0.2) is 30.3 Å². The Hall–Kier alpha value is -2.76. The van der Waals surface area contributed by atoms with Crippen molar-refractivity contribution in [3.63, 3.8) is 0 Å². The zero-order valence-electron chi connectivity index (χ0n) is 14.5. The Morgan fingerprint density at radius 2 is 1.81 bits per heavy atom. The largest absolute Gasteiger partial charge is 0.337 e. The molecule has 0 bridgehead atoms. The van der Waals surface area contributed by atoms with Gasteiger partial charge in [-0.05, 0) is 54.8 Å². The van der Waals surface area contributed by atoms with Crippen molar-refractivity contribution in [2.45, 2.75) is 25.8 Å². The molecule has 1 heterocycles. The van der Waals surface area contributed by atoms with E-state index in [1.54, 1.807) is 36.2 Å². The summed E-state index contributed by atoms with van der Waals surface area (Å²) in [5.41, 5.74) is 1.77. The van der Waals surface area contributed by atoms with Gasteiger partial charge in [0.2, 0.25) is 5.91 Å². The Kier molecular flexibility index (Phi) is 5.30. The molecule has 1 aliphatic heterocycles. The smallest absolute Gasteiger partial charge is 0.253 e. The Bertz CT molecular complexity index is 821. The highest BCUT2D eigenvalue weighted by molar-refractivity contribution is 5.96. The number of rotatable bonds is 4. The molecule has 0 atom stereocenters. The molecule has 3 rings (SSSR count). The van der Waals surface area contributed by atoms with Crippen LogP contribution in [0, 0.1) is 11.6 Å². The first-order chi connectivity index (χ1) is 12.5. The van der Waals surface area contributed by atoms with Crippen LogP contribution in [0.1, 0.15) is 35.2 Å². The Labute approximate surface area is 151 Å². The molecule has 0 unspecified atom stereocenters. The van der Waals surface area contributed by atoms with E-state index >= 15 is 0 Å². The summed E-state index contributed by atoms with van der Waals surface area (Å²) in [6.45, 7) is 0.866. The number of carbonyl (C=O) groups is 2. The number of hydrogen-bond acceptors (Lipinski definition) is 2. The summed E-state index contributed by atoms with van der Waals surface area (Å²) in [4.78, 5) is 27.7. The summed E-state index contributed by atoms with van der Waals surface area (Å²) in [6, 6.07) is 10.5. The first-order valence-electron chi connectivity index (χ1n) is 8.55. The molecule has 0 N–H and O–H groups in total. The average Bonchev–Trinajstić information content (AvgIpc) is 2.65. The number of hydrogen-bond donors (Lipinski definition) is 0. The second-order valence-corrected chi connectivity index (χ2v) is 6.46. The third-order valence-electron chi connectivity index (χ3n) is 4.50. The molecule has 4 nitrogen and oxygen atoms in total. The topological polar surface area (TPSA) is 40.6 Å². The van der Waals surface area contributed by atoms with Crippen molar-refractivity contribution in [3.8, 4) is 0 Å². The molecule has 0 spiro atoms. The van der Waals surface area contributed by atoms with Gasteiger partial charge in [0.1, 0.15) is 0 Å². The van der Waals surface area contributed by atoms with E-state index in [0.29, 0.717) is 24.1 Å². The van der Waals surface area contributed by atoms with Gasteiger partial charge in [0.15, 0.2) is 11.6 Å². The van der Waals surface area contributed by atoms with E-state index in [9.17, 15) is 18.4 Å². The monoisotopic (exact) mass is 358 g/mol. The van der Waals surface area contributed by atoms with Crippen molar-refractivity contribution in [2.75, 3.05) is 18.5 Å². The Balaban J connectivity index is 1.68. The van der Waals surface area contributed by atoms with E-state index in [1.165, 1.54) is 11.0 Å². The van der Waals surface area contributed by atoms with Gasteiger partial charge in [-0.1, -0.05) is 6.07 Å². The first kappa shape index (κ1) is 18.0. The molecule has 0 radical (unpaired) electrons. The fraction of sp³-hybridized carbons (Fsp3) is 0.300. The van der Waals surface area contributed by atoms with E-state index in [1.807, 2.05) is 0 Å². The fourth-order valence-corrected chi connectivity index (χ4v) is 3.07. The van der Waals surface area contributed by atoms with Crippen molar-refractivity contribution in [1.29, 1.82) is 0 Å². The predicted molar refractivity (Wildman–Crippen MR) is 94.8 cm³/mol. The molecular formula is C20H20F2N2O2. The van der Waals surface area contributed by atoms with Crippen LogP contribution in [0.4, 0.5) is 14.5 Å². The van der Waals surface area contributed by atoms with E-state index in [4.69, 9.17) is 0 Å². The van der Waals surface area contributed by atoms with Crippen LogP contribution in [-0.2, 0) is 11.3 Å². The SMILES string of the molecule is CN(Cc1ccc(F)c(F)c1)C(=O)c1ccc(N2CCCCC2=O)cc1. The second-order valence-electron chi connectivity index (χ2n) is 6.46. The van der Waals surface area contributed by atoms with Crippen LogP contribution in [0.25, 0.3) is 0 Å². The lowest BCUT2D eigenvalue weighted by Crippen LogP contribution is -2.35. The van der Waals surface area contributed by atoms with Crippen LogP contribution < -0.4 is 4.90 Å². The predicted octanol–water partition coefficient (Wildman–Crippen LogP) is 3.75. The van der Waals surface area contributed by atoms with Crippen molar-refractivity contribution in [3.05, 3.63) is 65.2 Å². The summed E-state index contributed by atoms with van der Waals surface area (Å²) >= 11 is 0. The van der Waals surface area contributed by atoms with E-state index in [2.05, 4.69) is 0 Å². The highest BCUT2D eigenvalue weighted by Crippen LogP contribution is 2.22. The van der Waals surface area contributed by atoms with Gasteiger partial charge in [-0.3, -0.25) is 9.59 Å². The number of piperidine rings is 1. The van der Waals surface area contributed by atoms with Crippen molar-refractivity contribution in [2.24, 2.45) is 0 Å². The van der Waals surface area contributed by atoms with E-state index in [0.717, 1.165) is 30.7 Å². The lowest BCUT2D eigenvalue weighted by atomic mass is 10.1. The zero-order valence-corrected chi connectivity index (χ0v) is 14.5. The molecule has 0 saturated carbocycles. The molecule has 6 heteroatoms. The van der Waals surface area contributed by atoms with Crippen LogP contribution in [0.3, 0.4) is 0 Å². The highest BCUT2D eigenvalue weighted by atomic mass is 19.2. The van der Waals surface area contributed by atoms with Crippen LogP contribution >= 0.6 is 0 Å². The van der Waals surface area contributed by atoms with Crippen LogP contribution in [0.5, 0.6) is 0 Å². The van der Waals surface area contributed by atoms with Crippen LogP contribution in [0.15, 0.2) is 42.5 Å². The maximum absolute atomic E-state index is 13.3. The van der Waals surface area contributed by atoms with E-state index in [-0.39, 0.29) is 18.4 Å². The average molecular weight is 358 g/mol. The molecular weight excluding hydrogens is 338 g/mol. The zero-order chi connectivity index (χ0) is 18.7. The fourth-order valence-electron chi connectivity index (χ4n) is 3.07. The summed E-state index contributed by atoms with van der Waals surface area (Å²) in [6.07, 6.45) is 2.45. The minimum absolute atomic E-state index is 0.103. The van der Waals surface area contributed by atoms with E-state index < -0.39 is 11.6 Å². The molecule has 0 aliphatic carbocycles. The quantitative estimate of drug-likeness (QED) is 0.835. The molecule has 26 heavy (non-hydrogen) atoms. The molecule has 136 valence electrons. The molecule has 2 amide bonds. The van der Waals surface area contributed by atoms with Gasteiger partial charge in [-0.15, -0.1) is 0 Å². The van der Waals surface area contributed by atoms with Crippen molar-refractivity contribution in [1.82, 2.24) is 4.90 Å². The molecule has 2 aromatic rings. The van der Waals surface area contributed by atoms with Crippen molar-refractivity contribution < 1.29 is 18.4 Å². The van der Waals surface area contributed by atoms with Gasteiger partial charge in [-0.2, -0.15) is 0 Å². The Morgan fingerprint density at radius 1 is 1.08 bits per heavy atom. The van der Waals surface area contributed by atoms with Gasteiger partial charge < -0.3 is 9.80 Å². The Morgan fingerprint density at radius 3 is 2.46 bits per heavy atom. The van der Waals surface area contributed by atoms with Gasteiger partial charge in [0.25, 0.3) is 5.91 Å². The first-order valence-corrected chi connectivity index (χ1v) is 8.55. The van der Waals surface area contributed by atoms with Gasteiger partial charge >= 0.3 is 0 Å². The summed E-state index contributed by atoms with van der Waals surface area (Å²) in [5, 5.41) is 0. The van der Waals surface area contributed by atoms with Crippen LogP contribution in [0.2, 0.25) is 0 Å². The number of anilines is 1. The number of benzene rings is 2. The summed E-state index contributed by atoms with van der Waals surface area (Å²) < 4.78 is 26.3. The third kappa shape index (κ3) is 3.90. The standard InChI is InChI=1S/C20H20F2N2O2/c1-23(13-14-5-10-17(21)18(22)12-14)20(26)15-6-8-16(9-7-15)24-11-3-2-4-19(24)25/h5-10,12H,2-4,11,13H2,1H3. The van der Waals surface area contributed by atoms with Gasteiger partial charge in [0, 0.05) is 37.8 Å². The molecule has 2 aromatic carbocycles. The number of carbonyl (C=O) groups excluding carboxylic acids is 2. The molecule has 0 aromatic heterocycles. The highest BCUT2D eigenvalue weighted by Gasteiger charge is 2.20. The third-order valence-corrected chi connectivity index (χ3v) is 4.50. The second kappa shape index (κ2) is 7.64. The summed E-state index contributed by atoms with van der Waals surface area (Å²) in [7, 11) is 1.60. The lowest BCUT2D eigenvalue weighted by molar-refractivity contribution is -0.119. The minimum atomic E-state index is -0.932. The number of nitrogens with zero attached hydrogens (tertiary/aromatic N) is 2. The van der Waals surface area contributed by atoms with Crippen molar-refractivity contribution >= 4 is 17.5 Å². The number of halogens is 2. The lowest BCUT2D eigenvalue weighted by Gasteiger charge is -2.27. The maximum atomic E-state index is 13.3. The normalized spacial score (nSPS) is 14.4. The molecule has 1 aliphatic rings. The molecule has 1 fully saturated rings. The summed E-state index contributed by atoms with van der Waals surface area (Å²) in [5.74, 6) is -1.97. The van der Waals surface area contributed by atoms with Gasteiger partial charge in [-0.25, -0.2) is 8.78 Å². The molecule has 1 saturated heterocycles.